The second kappa shape index (κ2) is 16.6. The minimum atomic E-state index is -1.76. The molecule has 0 saturated heterocycles. The Balaban J connectivity index is 1.19. The molecule has 3 heteroatoms. The molecule has 10 aromatic rings. The van der Waals surface area contributed by atoms with E-state index in [4.69, 9.17) is 0 Å². The van der Waals surface area contributed by atoms with Gasteiger partial charge in [-0.1, -0.05) is 181 Å². The van der Waals surface area contributed by atoms with Crippen molar-refractivity contribution in [3.63, 3.8) is 0 Å². The maximum Gasteiger partial charge on any atom is 0.0803 e. The molecule has 0 aliphatic heterocycles. The quantitative estimate of drug-likeness (QED) is 0.133. The van der Waals surface area contributed by atoms with Crippen LogP contribution in [0, 0.1) is 6.92 Å². The molecule has 0 N–H and O–H groups in total. The molecule has 0 unspecified atom stereocenters. The lowest BCUT2D eigenvalue weighted by atomic mass is 9.67. The van der Waals surface area contributed by atoms with Gasteiger partial charge in [-0.05, 0) is 179 Å². The molecular formula is C67H60N2Si. The van der Waals surface area contributed by atoms with E-state index in [0.29, 0.717) is 0 Å². The maximum absolute atomic E-state index is 2.60. The van der Waals surface area contributed by atoms with E-state index in [9.17, 15) is 0 Å². The standard InChI is InChI=1S/C67H60N2Si/c1-43(2)54-41-58-59-42-55(44(3)4)57-40-49(69(47-26-13-10-14-27-47)63-33-21-22-34-64(63)70(6,7)8)36-38-53(57)66(59)67(60-30-18-16-28-50(60)51-29-17-19-31-61(51)67)65(58)52-37-35-48(39-56(52)54)68(46-24-11-9-12-25-46)62-32-20-15-23-45(62)5/h9-44H,1-8H3. The number of fused-ring (bicyclic) bond motifs is 14. The average Bonchev–Trinajstić information content (AvgIpc) is 3.84. The van der Waals surface area contributed by atoms with Gasteiger partial charge in [0.25, 0.3) is 0 Å². The minimum Gasteiger partial charge on any atom is -0.311 e. The summed E-state index contributed by atoms with van der Waals surface area (Å²) in [6, 6.07) is 78.3. The number of benzene rings is 10. The zero-order valence-electron chi connectivity index (χ0n) is 41.7. The number of rotatable bonds is 9. The van der Waals surface area contributed by atoms with Crippen LogP contribution in [0.2, 0.25) is 19.6 Å². The summed E-state index contributed by atoms with van der Waals surface area (Å²) < 4.78 is 0. The van der Waals surface area contributed by atoms with Crippen LogP contribution in [0.4, 0.5) is 34.1 Å². The third kappa shape index (κ3) is 6.58. The summed E-state index contributed by atoms with van der Waals surface area (Å²) in [7, 11) is -1.76. The van der Waals surface area contributed by atoms with Gasteiger partial charge in [-0.25, -0.2) is 0 Å². The number of hydrogen-bond acceptors (Lipinski definition) is 2. The lowest BCUT2D eigenvalue weighted by Crippen LogP contribution is -2.40. The second-order valence-corrected chi connectivity index (χ2v) is 26.3. The van der Waals surface area contributed by atoms with E-state index in [1.54, 1.807) is 0 Å². The third-order valence-corrected chi connectivity index (χ3v) is 17.4. The molecule has 0 heterocycles. The molecule has 0 aromatic heterocycles. The van der Waals surface area contributed by atoms with Gasteiger partial charge in [0.15, 0.2) is 0 Å². The van der Waals surface area contributed by atoms with Gasteiger partial charge >= 0.3 is 0 Å². The summed E-state index contributed by atoms with van der Waals surface area (Å²) in [6.07, 6.45) is 0. The van der Waals surface area contributed by atoms with Crippen LogP contribution < -0.4 is 15.0 Å². The third-order valence-electron chi connectivity index (χ3n) is 15.4. The summed E-state index contributed by atoms with van der Waals surface area (Å²) in [6.45, 7) is 19.1. The second-order valence-electron chi connectivity index (χ2n) is 21.3. The fourth-order valence-corrected chi connectivity index (χ4v) is 13.9. The number of nitrogens with zero attached hydrogens (tertiary/aromatic N) is 2. The molecule has 342 valence electrons. The molecule has 2 aliphatic rings. The summed E-state index contributed by atoms with van der Waals surface area (Å²) in [4.78, 5) is 4.96. The van der Waals surface area contributed by atoms with Crippen molar-refractivity contribution in [2.45, 2.75) is 71.5 Å². The zero-order valence-corrected chi connectivity index (χ0v) is 42.7. The normalized spacial score (nSPS) is 13.2. The first-order valence-electron chi connectivity index (χ1n) is 25.2. The average molecular weight is 921 g/mol. The SMILES string of the molecule is Cc1ccccc1N(c1ccccc1)c1ccc2c3c(cc(C(C)C)c2c1)-c1cc(C(C)C)c2cc(N(c4ccccc4)c4ccccc4[Si](C)(C)C)ccc2c1C31c2ccccc2-c2ccccc21. The van der Waals surface area contributed by atoms with E-state index in [0.717, 1.165) is 11.4 Å². The van der Waals surface area contributed by atoms with Gasteiger partial charge in [0.2, 0.25) is 0 Å². The zero-order chi connectivity index (χ0) is 48.1. The van der Waals surface area contributed by atoms with E-state index in [1.807, 2.05) is 0 Å². The predicted octanol–water partition coefficient (Wildman–Crippen LogP) is 18.4. The Morgan fingerprint density at radius 1 is 0.371 bits per heavy atom. The Kier molecular flexibility index (Phi) is 10.4. The highest BCUT2D eigenvalue weighted by molar-refractivity contribution is 6.89. The van der Waals surface area contributed by atoms with E-state index in [2.05, 4.69) is 270 Å². The smallest absolute Gasteiger partial charge is 0.0803 e. The van der Waals surface area contributed by atoms with Gasteiger partial charge in [-0.3, -0.25) is 0 Å². The van der Waals surface area contributed by atoms with Gasteiger partial charge in [-0.15, -0.1) is 0 Å². The molecule has 0 fully saturated rings. The fraction of sp³-hybridized carbons (Fsp3) is 0.164. The van der Waals surface area contributed by atoms with Gasteiger partial charge in [-0.2, -0.15) is 0 Å². The molecule has 10 aromatic carbocycles. The molecule has 2 aliphatic carbocycles. The molecule has 0 amide bonds. The van der Waals surface area contributed by atoms with E-state index >= 15 is 0 Å². The lowest BCUT2D eigenvalue weighted by molar-refractivity contribution is 0.806. The first-order chi connectivity index (χ1) is 34.0. The van der Waals surface area contributed by atoms with Crippen molar-refractivity contribution < 1.29 is 0 Å². The molecule has 0 atom stereocenters. The van der Waals surface area contributed by atoms with Crippen molar-refractivity contribution in [3.05, 3.63) is 245 Å². The number of para-hydroxylation sites is 4. The fourth-order valence-electron chi connectivity index (χ4n) is 12.4. The largest absolute Gasteiger partial charge is 0.311 e. The molecule has 0 bridgehead atoms. The molecule has 0 saturated carbocycles. The van der Waals surface area contributed by atoms with Gasteiger partial charge in [0, 0.05) is 34.1 Å². The van der Waals surface area contributed by atoms with Crippen LogP contribution in [0.3, 0.4) is 0 Å². The molecule has 1 spiro atoms. The predicted molar refractivity (Wildman–Crippen MR) is 303 cm³/mol. The first kappa shape index (κ1) is 43.8. The summed E-state index contributed by atoms with van der Waals surface area (Å²) >= 11 is 0. The van der Waals surface area contributed by atoms with Crippen LogP contribution in [0.15, 0.2) is 206 Å². The van der Waals surface area contributed by atoms with Crippen molar-refractivity contribution in [1.82, 2.24) is 0 Å². The summed E-state index contributed by atoms with van der Waals surface area (Å²) in [5.74, 6) is 0.564. The van der Waals surface area contributed by atoms with Crippen molar-refractivity contribution in [2.24, 2.45) is 0 Å². The van der Waals surface area contributed by atoms with Gasteiger partial charge in [0.1, 0.15) is 0 Å². The van der Waals surface area contributed by atoms with Crippen LogP contribution in [-0.4, -0.2) is 8.07 Å². The Morgan fingerprint density at radius 3 is 1.26 bits per heavy atom. The number of aryl methyl sites for hydroxylation is 1. The highest BCUT2D eigenvalue weighted by Crippen LogP contribution is 2.66. The summed E-state index contributed by atoms with van der Waals surface area (Å²) in [5.41, 5.74) is 21.4. The van der Waals surface area contributed by atoms with Crippen molar-refractivity contribution >= 4 is 68.9 Å². The van der Waals surface area contributed by atoms with Crippen molar-refractivity contribution in [1.29, 1.82) is 0 Å². The lowest BCUT2D eigenvalue weighted by Gasteiger charge is -2.34. The Bertz CT molecular complexity index is 3630. The van der Waals surface area contributed by atoms with Crippen LogP contribution >= 0.6 is 0 Å². The van der Waals surface area contributed by atoms with E-state index in [1.165, 1.54) is 111 Å². The van der Waals surface area contributed by atoms with E-state index < -0.39 is 13.5 Å². The number of anilines is 6. The highest BCUT2D eigenvalue weighted by atomic mass is 28.3. The summed E-state index contributed by atoms with van der Waals surface area (Å²) in [5, 5.41) is 6.72. The Morgan fingerprint density at radius 2 is 0.786 bits per heavy atom. The van der Waals surface area contributed by atoms with Gasteiger partial charge in [0.05, 0.1) is 13.5 Å². The minimum absolute atomic E-state index is 0.281. The highest BCUT2D eigenvalue weighted by Gasteiger charge is 2.54. The van der Waals surface area contributed by atoms with Crippen LogP contribution in [0.1, 0.15) is 78.5 Å². The topological polar surface area (TPSA) is 6.48 Å². The van der Waals surface area contributed by atoms with Crippen LogP contribution in [0.5, 0.6) is 0 Å². The molecule has 12 rings (SSSR count). The Hall–Kier alpha value is -7.46. The van der Waals surface area contributed by atoms with Crippen molar-refractivity contribution in [3.8, 4) is 22.3 Å². The van der Waals surface area contributed by atoms with Crippen molar-refractivity contribution in [2.75, 3.05) is 9.80 Å². The van der Waals surface area contributed by atoms with E-state index in [-0.39, 0.29) is 11.8 Å². The molecule has 0 radical (unpaired) electrons. The maximum atomic E-state index is 2.60. The van der Waals surface area contributed by atoms with Crippen LogP contribution in [-0.2, 0) is 5.41 Å². The number of hydrogen-bond donors (Lipinski definition) is 0. The monoisotopic (exact) mass is 920 g/mol. The Labute approximate surface area is 415 Å². The van der Waals surface area contributed by atoms with Gasteiger partial charge < -0.3 is 9.80 Å². The van der Waals surface area contributed by atoms with Crippen LogP contribution in [0.25, 0.3) is 43.8 Å². The molecular weight excluding hydrogens is 861 g/mol. The molecule has 70 heavy (non-hydrogen) atoms. The molecule has 2 nitrogen and oxygen atoms in total. The first-order valence-corrected chi connectivity index (χ1v) is 28.7.